The van der Waals surface area contributed by atoms with Crippen molar-refractivity contribution in [1.29, 1.82) is 0 Å². The van der Waals surface area contributed by atoms with E-state index < -0.39 is 5.97 Å². The Morgan fingerprint density at radius 2 is 0.837 bits per heavy atom. The molecule has 0 bridgehead atoms. The lowest BCUT2D eigenvalue weighted by atomic mass is 10.0. The zero-order chi connectivity index (χ0) is 31.5. The van der Waals surface area contributed by atoms with Crippen molar-refractivity contribution < 1.29 is 19.4 Å². The first-order valence-electron chi connectivity index (χ1n) is 19.2. The maximum Gasteiger partial charge on any atom is 0.306 e. The maximum atomic E-state index is 12.5. The summed E-state index contributed by atoms with van der Waals surface area (Å²) in [4.78, 5) is 23.4. The fourth-order valence-corrected chi connectivity index (χ4v) is 5.89. The van der Waals surface area contributed by atoms with E-state index in [4.69, 9.17) is 9.84 Å². The number of carboxylic acid groups (broad SMARTS) is 1. The highest BCUT2D eigenvalue weighted by atomic mass is 16.5. The molecule has 0 aromatic rings. The Morgan fingerprint density at radius 1 is 0.488 bits per heavy atom. The fourth-order valence-electron chi connectivity index (χ4n) is 5.89. The third kappa shape index (κ3) is 35.0. The number of carbonyl (C=O) groups is 2. The van der Waals surface area contributed by atoms with Gasteiger partial charge in [0.1, 0.15) is 6.10 Å². The molecule has 0 saturated carbocycles. The number of unbranched alkanes of at least 4 members (excludes halogenated alkanes) is 24. The van der Waals surface area contributed by atoms with Crippen LogP contribution < -0.4 is 0 Å². The molecule has 0 aromatic carbocycles. The lowest BCUT2D eigenvalue weighted by molar-refractivity contribution is -0.150. The highest BCUT2D eigenvalue weighted by molar-refractivity contribution is 5.69. The number of hydrogen-bond acceptors (Lipinski definition) is 3. The fraction of sp³-hybridized carbons (Fsp3) is 0.897. The molecule has 4 heteroatoms. The van der Waals surface area contributed by atoms with Crippen LogP contribution in [0.5, 0.6) is 0 Å². The minimum Gasteiger partial charge on any atom is -0.481 e. The van der Waals surface area contributed by atoms with Gasteiger partial charge in [0, 0.05) is 12.8 Å². The molecule has 0 amide bonds. The van der Waals surface area contributed by atoms with Gasteiger partial charge >= 0.3 is 11.9 Å². The maximum absolute atomic E-state index is 12.5. The van der Waals surface area contributed by atoms with Crippen LogP contribution in [0, 0.1) is 0 Å². The summed E-state index contributed by atoms with van der Waals surface area (Å²) in [6.45, 7) is 4.53. The highest BCUT2D eigenvalue weighted by Gasteiger charge is 2.14. The molecule has 0 heterocycles. The molecule has 1 unspecified atom stereocenters. The molecular weight excluding hydrogens is 532 g/mol. The minimum atomic E-state index is -0.741. The number of aliphatic carboxylic acids is 1. The predicted molar refractivity (Wildman–Crippen MR) is 186 cm³/mol. The summed E-state index contributed by atoms with van der Waals surface area (Å²) in [5, 5.41) is 8.91. The van der Waals surface area contributed by atoms with Crippen LogP contribution in [-0.4, -0.2) is 23.1 Å². The van der Waals surface area contributed by atoms with Gasteiger partial charge < -0.3 is 9.84 Å². The molecule has 0 aliphatic rings. The SMILES string of the molecule is CCCCCCCC/C=C\CCCCCCCCCCCC(=O)OC(CCCCCCCCCCC)CCCCC(=O)O. The summed E-state index contributed by atoms with van der Waals surface area (Å²) in [5.41, 5.74) is 0. The van der Waals surface area contributed by atoms with Gasteiger partial charge in [-0.1, -0.05) is 154 Å². The molecule has 0 fully saturated rings. The third-order valence-electron chi connectivity index (χ3n) is 8.74. The van der Waals surface area contributed by atoms with Crippen LogP contribution in [0.4, 0.5) is 0 Å². The van der Waals surface area contributed by atoms with Gasteiger partial charge in [-0.15, -0.1) is 0 Å². The van der Waals surface area contributed by atoms with E-state index in [9.17, 15) is 9.59 Å². The standard InChI is InChI=1S/C39H74O4/c1-3-5-7-9-11-13-14-15-16-17-18-19-20-21-22-24-26-28-30-36-39(42)43-37(34-31-32-35-38(40)41)33-29-27-25-23-12-10-8-6-4-2/h15-16,37H,3-14,17-36H2,1-2H3,(H,40,41)/b16-15-. The summed E-state index contributed by atoms with van der Waals surface area (Å²) in [7, 11) is 0. The molecule has 0 saturated heterocycles. The number of esters is 1. The molecule has 1 atom stereocenters. The van der Waals surface area contributed by atoms with Gasteiger partial charge in [-0.3, -0.25) is 9.59 Å². The van der Waals surface area contributed by atoms with Crippen LogP contribution in [0.2, 0.25) is 0 Å². The normalized spacial score (nSPS) is 12.2. The van der Waals surface area contributed by atoms with Gasteiger partial charge in [0.25, 0.3) is 0 Å². The topological polar surface area (TPSA) is 63.6 Å². The number of ether oxygens (including phenoxy) is 1. The van der Waals surface area contributed by atoms with Crippen molar-refractivity contribution >= 4 is 11.9 Å². The smallest absolute Gasteiger partial charge is 0.306 e. The number of carboxylic acids is 1. The van der Waals surface area contributed by atoms with Crippen LogP contribution in [0.3, 0.4) is 0 Å². The largest absolute Gasteiger partial charge is 0.481 e. The molecule has 254 valence electrons. The van der Waals surface area contributed by atoms with E-state index in [1.165, 1.54) is 148 Å². The van der Waals surface area contributed by atoms with Crippen LogP contribution in [0.25, 0.3) is 0 Å². The van der Waals surface area contributed by atoms with Crippen molar-refractivity contribution in [3.05, 3.63) is 12.2 Å². The van der Waals surface area contributed by atoms with Gasteiger partial charge in [-0.05, 0) is 64.2 Å². The second-order valence-electron chi connectivity index (χ2n) is 13.1. The number of carbonyl (C=O) groups excluding carboxylic acids is 1. The number of allylic oxidation sites excluding steroid dienone is 2. The van der Waals surface area contributed by atoms with Gasteiger partial charge in [-0.2, -0.15) is 0 Å². The Bertz CT molecular complexity index is 614. The molecule has 1 N–H and O–H groups in total. The molecule has 0 aliphatic carbocycles. The third-order valence-corrected chi connectivity index (χ3v) is 8.74. The minimum absolute atomic E-state index is 0.0401. The van der Waals surface area contributed by atoms with E-state index in [0.29, 0.717) is 12.8 Å². The summed E-state index contributed by atoms with van der Waals surface area (Å²) in [6.07, 6.45) is 42.3. The summed E-state index contributed by atoms with van der Waals surface area (Å²) in [6, 6.07) is 0. The summed E-state index contributed by atoms with van der Waals surface area (Å²) in [5.74, 6) is -0.797. The molecule has 0 aliphatic heterocycles. The quantitative estimate of drug-likeness (QED) is 0.0443. The van der Waals surface area contributed by atoms with Crippen LogP contribution in [0.1, 0.15) is 219 Å². The molecule has 0 spiro atoms. The van der Waals surface area contributed by atoms with E-state index in [0.717, 1.165) is 38.5 Å². The molecular formula is C39H74O4. The second kappa shape index (κ2) is 35.2. The van der Waals surface area contributed by atoms with Crippen LogP contribution >= 0.6 is 0 Å². The molecule has 0 aromatic heterocycles. The van der Waals surface area contributed by atoms with Gasteiger partial charge in [-0.25, -0.2) is 0 Å². The number of hydrogen-bond donors (Lipinski definition) is 1. The summed E-state index contributed by atoms with van der Waals surface area (Å²) >= 11 is 0. The molecule has 4 nitrogen and oxygen atoms in total. The van der Waals surface area contributed by atoms with Crippen molar-refractivity contribution in [2.75, 3.05) is 0 Å². The van der Waals surface area contributed by atoms with E-state index in [1.807, 2.05) is 0 Å². The van der Waals surface area contributed by atoms with E-state index in [-0.39, 0.29) is 18.5 Å². The van der Waals surface area contributed by atoms with Gasteiger partial charge in [0.2, 0.25) is 0 Å². The van der Waals surface area contributed by atoms with Gasteiger partial charge in [0.05, 0.1) is 0 Å². The van der Waals surface area contributed by atoms with Crippen molar-refractivity contribution in [1.82, 2.24) is 0 Å². The Hall–Kier alpha value is -1.32. The zero-order valence-electron chi connectivity index (χ0n) is 29.0. The van der Waals surface area contributed by atoms with E-state index in [1.54, 1.807) is 0 Å². The summed E-state index contributed by atoms with van der Waals surface area (Å²) < 4.78 is 5.88. The lowest BCUT2D eigenvalue weighted by Crippen LogP contribution is -2.18. The molecule has 0 radical (unpaired) electrons. The molecule has 43 heavy (non-hydrogen) atoms. The first-order chi connectivity index (χ1) is 21.1. The van der Waals surface area contributed by atoms with Crippen molar-refractivity contribution in [3.63, 3.8) is 0 Å². The predicted octanol–water partition coefficient (Wildman–Crippen LogP) is 13.1. The Balaban J connectivity index is 3.77. The van der Waals surface area contributed by atoms with Crippen LogP contribution in [-0.2, 0) is 14.3 Å². The van der Waals surface area contributed by atoms with E-state index in [2.05, 4.69) is 26.0 Å². The number of rotatable bonds is 35. The Labute approximate surface area is 268 Å². The van der Waals surface area contributed by atoms with Gasteiger partial charge in [0.15, 0.2) is 0 Å². The van der Waals surface area contributed by atoms with Crippen molar-refractivity contribution in [2.24, 2.45) is 0 Å². The average molecular weight is 607 g/mol. The Morgan fingerprint density at radius 3 is 1.28 bits per heavy atom. The second-order valence-corrected chi connectivity index (χ2v) is 13.1. The van der Waals surface area contributed by atoms with Crippen LogP contribution in [0.15, 0.2) is 12.2 Å². The van der Waals surface area contributed by atoms with E-state index >= 15 is 0 Å². The average Bonchev–Trinajstić information content (AvgIpc) is 2.99. The first kappa shape index (κ1) is 41.7. The van der Waals surface area contributed by atoms with Crippen molar-refractivity contribution in [2.45, 2.75) is 225 Å². The lowest BCUT2D eigenvalue weighted by Gasteiger charge is -2.18. The van der Waals surface area contributed by atoms with Crippen molar-refractivity contribution in [3.8, 4) is 0 Å². The Kier molecular flexibility index (Phi) is 34.1. The monoisotopic (exact) mass is 607 g/mol. The molecule has 0 rings (SSSR count). The zero-order valence-corrected chi connectivity index (χ0v) is 29.0. The highest BCUT2D eigenvalue weighted by Crippen LogP contribution is 2.18. The first-order valence-corrected chi connectivity index (χ1v) is 19.2.